The first-order chi connectivity index (χ1) is 9.63. The summed E-state index contributed by atoms with van der Waals surface area (Å²) in [5, 5.41) is 0. The molecule has 0 unspecified atom stereocenters. The highest BCUT2D eigenvalue weighted by atomic mass is 16.5. The molecule has 0 N–H and O–H groups in total. The molecule has 20 heavy (non-hydrogen) atoms. The zero-order valence-electron chi connectivity index (χ0n) is 11.8. The van der Waals surface area contributed by atoms with Crippen molar-refractivity contribution in [2.45, 2.75) is 13.0 Å². The van der Waals surface area contributed by atoms with Crippen molar-refractivity contribution in [2.75, 3.05) is 14.2 Å². The Labute approximate surface area is 118 Å². The smallest absolute Gasteiger partial charge is 0.272 e. The molecule has 0 aromatic carbocycles. The Morgan fingerprint density at radius 3 is 2.80 bits per heavy atom. The third-order valence-electron chi connectivity index (χ3n) is 3.25. The van der Waals surface area contributed by atoms with Crippen LogP contribution in [0.2, 0.25) is 0 Å². The van der Waals surface area contributed by atoms with E-state index in [9.17, 15) is 4.79 Å². The van der Waals surface area contributed by atoms with Gasteiger partial charge in [-0.15, -0.1) is 0 Å². The number of aromatic nitrogens is 2. The number of carbonyl (C=O) groups is 1. The Bertz CT molecular complexity index is 587. The van der Waals surface area contributed by atoms with Crippen LogP contribution in [0.15, 0.2) is 42.9 Å². The molecule has 0 aliphatic carbocycles. The second-order valence-corrected chi connectivity index (χ2v) is 4.46. The van der Waals surface area contributed by atoms with Gasteiger partial charge in [-0.05, 0) is 24.6 Å². The van der Waals surface area contributed by atoms with Crippen LogP contribution < -0.4 is 4.74 Å². The first kappa shape index (κ1) is 14.0. The van der Waals surface area contributed by atoms with E-state index in [0.717, 1.165) is 5.56 Å². The van der Waals surface area contributed by atoms with Gasteiger partial charge in [-0.2, -0.15) is 0 Å². The van der Waals surface area contributed by atoms with E-state index in [2.05, 4.69) is 9.97 Å². The summed E-state index contributed by atoms with van der Waals surface area (Å²) in [5.74, 6) is 0.464. The van der Waals surface area contributed by atoms with Crippen LogP contribution in [0.3, 0.4) is 0 Å². The lowest BCUT2D eigenvalue weighted by Gasteiger charge is -2.24. The Kier molecular flexibility index (Phi) is 4.30. The molecule has 2 aromatic heterocycles. The van der Waals surface area contributed by atoms with Gasteiger partial charge in [0.25, 0.3) is 5.91 Å². The van der Waals surface area contributed by atoms with Crippen LogP contribution in [-0.2, 0) is 0 Å². The molecule has 1 atom stereocenters. The topological polar surface area (TPSA) is 55.3 Å². The second-order valence-electron chi connectivity index (χ2n) is 4.46. The average Bonchev–Trinajstić information content (AvgIpc) is 2.53. The first-order valence-electron chi connectivity index (χ1n) is 6.30. The highest BCUT2D eigenvalue weighted by Crippen LogP contribution is 2.20. The van der Waals surface area contributed by atoms with Crippen LogP contribution in [-0.4, -0.2) is 34.9 Å². The van der Waals surface area contributed by atoms with Gasteiger partial charge in [-0.1, -0.05) is 6.07 Å². The zero-order valence-corrected chi connectivity index (χ0v) is 11.8. The summed E-state index contributed by atoms with van der Waals surface area (Å²) in [6.07, 6.45) is 5.03. The molecular weight excluding hydrogens is 254 g/mol. The van der Waals surface area contributed by atoms with E-state index >= 15 is 0 Å². The molecule has 0 saturated heterocycles. The molecule has 1 amide bonds. The van der Waals surface area contributed by atoms with Crippen molar-refractivity contribution in [3.05, 3.63) is 54.1 Å². The summed E-state index contributed by atoms with van der Waals surface area (Å²) in [7, 11) is 3.31. The number of methoxy groups -OCH3 is 1. The zero-order chi connectivity index (χ0) is 14.5. The highest BCUT2D eigenvalue weighted by Gasteiger charge is 2.20. The molecule has 5 heteroatoms. The summed E-state index contributed by atoms with van der Waals surface area (Å²) < 4.78 is 5.11. The molecule has 0 fully saturated rings. The predicted octanol–water partition coefficient (Wildman–Crippen LogP) is 2.32. The van der Waals surface area contributed by atoms with E-state index in [4.69, 9.17) is 4.74 Å². The van der Waals surface area contributed by atoms with E-state index in [1.807, 2.05) is 19.1 Å². The van der Waals surface area contributed by atoms with Gasteiger partial charge in [-0.3, -0.25) is 14.8 Å². The number of nitrogens with zero attached hydrogens (tertiary/aromatic N) is 3. The van der Waals surface area contributed by atoms with E-state index in [0.29, 0.717) is 11.4 Å². The fourth-order valence-corrected chi connectivity index (χ4v) is 1.86. The van der Waals surface area contributed by atoms with E-state index in [1.165, 1.54) is 0 Å². The van der Waals surface area contributed by atoms with Crippen LogP contribution in [0, 0.1) is 0 Å². The van der Waals surface area contributed by atoms with E-state index in [1.54, 1.807) is 49.8 Å². The number of pyridine rings is 2. The molecule has 0 aliphatic rings. The third-order valence-corrected chi connectivity index (χ3v) is 3.25. The molecule has 2 heterocycles. The van der Waals surface area contributed by atoms with Crippen LogP contribution >= 0.6 is 0 Å². The largest absolute Gasteiger partial charge is 0.497 e. The Morgan fingerprint density at radius 1 is 1.35 bits per heavy atom. The fourth-order valence-electron chi connectivity index (χ4n) is 1.86. The number of hydrogen-bond donors (Lipinski definition) is 0. The minimum absolute atomic E-state index is 0.0794. The number of ether oxygens (including phenoxy) is 1. The quantitative estimate of drug-likeness (QED) is 0.856. The summed E-state index contributed by atoms with van der Waals surface area (Å²) in [5.41, 5.74) is 1.34. The summed E-state index contributed by atoms with van der Waals surface area (Å²) in [6.45, 7) is 1.95. The lowest BCUT2D eigenvalue weighted by molar-refractivity contribution is 0.0736. The highest BCUT2D eigenvalue weighted by molar-refractivity contribution is 5.92. The van der Waals surface area contributed by atoms with Gasteiger partial charge in [0.15, 0.2) is 0 Å². The van der Waals surface area contributed by atoms with Crippen LogP contribution in [0.4, 0.5) is 0 Å². The van der Waals surface area contributed by atoms with Gasteiger partial charge in [-0.25, -0.2) is 0 Å². The maximum atomic E-state index is 12.4. The molecule has 104 valence electrons. The summed E-state index contributed by atoms with van der Waals surface area (Å²) in [6, 6.07) is 7.06. The maximum absolute atomic E-state index is 12.4. The Hall–Kier alpha value is -2.43. The standard InChI is InChI=1S/C15H17N3O2/c1-11(12-5-4-7-16-10-12)18(2)15(19)14-9-13(20-3)6-8-17-14/h4-11H,1-3H3/t11-/m0/s1. The lowest BCUT2D eigenvalue weighted by Crippen LogP contribution is -2.30. The van der Waals surface area contributed by atoms with Gasteiger partial charge in [0.05, 0.1) is 13.2 Å². The molecule has 5 nitrogen and oxygen atoms in total. The number of rotatable bonds is 4. The fraction of sp³-hybridized carbons (Fsp3) is 0.267. The van der Waals surface area contributed by atoms with E-state index in [-0.39, 0.29) is 11.9 Å². The molecule has 0 aliphatic heterocycles. The maximum Gasteiger partial charge on any atom is 0.272 e. The summed E-state index contributed by atoms with van der Waals surface area (Å²) >= 11 is 0. The number of amides is 1. The molecule has 0 spiro atoms. The minimum Gasteiger partial charge on any atom is -0.497 e. The molecule has 2 aromatic rings. The number of hydrogen-bond acceptors (Lipinski definition) is 4. The number of carbonyl (C=O) groups excluding carboxylic acids is 1. The van der Waals surface area contributed by atoms with Crippen molar-refractivity contribution >= 4 is 5.91 Å². The van der Waals surface area contributed by atoms with Gasteiger partial charge >= 0.3 is 0 Å². The lowest BCUT2D eigenvalue weighted by atomic mass is 10.1. The SMILES string of the molecule is COc1ccnc(C(=O)N(C)[C@@H](C)c2cccnc2)c1. The minimum atomic E-state index is -0.153. The van der Waals surface area contributed by atoms with Gasteiger partial charge in [0, 0.05) is 31.7 Å². The van der Waals surface area contributed by atoms with Crippen LogP contribution in [0.1, 0.15) is 29.0 Å². The molecular formula is C15H17N3O2. The van der Waals surface area contributed by atoms with Gasteiger partial charge in [0.2, 0.25) is 0 Å². The van der Waals surface area contributed by atoms with Crippen molar-refractivity contribution in [1.82, 2.24) is 14.9 Å². The summed E-state index contributed by atoms with van der Waals surface area (Å²) in [4.78, 5) is 22.2. The monoisotopic (exact) mass is 271 g/mol. The second kappa shape index (κ2) is 6.14. The normalized spacial score (nSPS) is 11.8. The Balaban J connectivity index is 2.19. The van der Waals surface area contributed by atoms with Crippen LogP contribution in [0.25, 0.3) is 0 Å². The predicted molar refractivity (Wildman–Crippen MR) is 75.5 cm³/mol. The van der Waals surface area contributed by atoms with E-state index < -0.39 is 0 Å². The van der Waals surface area contributed by atoms with Crippen molar-refractivity contribution in [3.8, 4) is 5.75 Å². The third kappa shape index (κ3) is 2.93. The van der Waals surface area contributed by atoms with Crippen LogP contribution in [0.5, 0.6) is 5.75 Å². The van der Waals surface area contributed by atoms with Crippen molar-refractivity contribution < 1.29 is 9.53 Å². The average molecular weight is 271 g/mol. The van der Waals surface area contributed by atoms with Crippen molar-refractivity contribution in [2.24, 2.45) is 0 Å². The Morgan fingerprint density at radius 2 is 2.15 bits per heavy atom. The first-order valence-corrected chi connectivity index (χ1v) is 6.30. The van der Waals surface area contributed by atoms with Gasteiger partial charge in [0.1, 0.15) is 11.4 Å². The van der Waals surface area contributed by atoms with Crippen molar-refractivity contribution in [1.29, 1.82) is 0 Å². The molecule has 0 radical (unpaired) electrons. The molecule has 0 bridgehead atoms. The molecule has 0 saturated carbocycles. The van der Waals surface area contributed by atoms with Gasteiger partial charge < -0.3 is 9.64 Å². The van der Waals surface area contributed by atoms with Crippen molar-refractivity contribution in [3.63, 3.8) is 0 Å². The molecule has 2 rings (SSSR count).